The van der Waals surface area contributed by atoms with E-state index < -0.39 is 0 Å². The van der Waals surface area contributed by atoms with E-state index in [-0.39, 0.29) is 18.3 Å². The molecule has 2 heterocycles. The number of ether oxygens (including phenoxy) is 1. The average molecular weight is 316 g/mol. The molecule has 6 nitrogen and oxygen atoms in total. The molecule has 0 unspecified atom stereocenters. The van der Waals surface area contributed by atoms with Gasteiger partial charge in [-0.25, -0.2) is 9.37 Å². The fourth-order valence-corrected chi connectivity index (χ4v) is 2.46. The zero-order valence-corrected chi connectivity index (χ0v) is 12.8. The molecule has 1 aromatic carbocycles. The van der Waals surface area contributed by atoms with E-state index in [1.165, 1.54) is 19.2 Å². The lowest BCUT2D eigenvalue weighted by molar-refractivity contribution is -0.131. The summed E-state index contributed by atoms with van der Waals surface area (Å²) in [6, 6.07) is 7.86. The molecule has 7 heteroatoms. The molecular weight excluding hydrogens is 299 g/mol. The van der Waals surface area contributed by atoms with Crippen LogP contribution >= 0.6 is 0 Å². The van der Waals surface area contributed by atoms with Crippen LogP contribution < -0.4 is 9.64 Å². The van der Waals surface area contributed by atoms with Crippen molar-refractivity contribution in [3.63, 3.8) is 0 Å². The fourth-order valence-electron chi connectivity index (χ4n) is 2.46. The Morgan fingerprint density at radius 1 is 1.22 bits per heavy atom. The Hall–Kier alpha value is -2.70. The number of aromatic nitrogens is 2. The smallest absolute Gasteiger partial charge is 0.242 e. The summed E-state index contributed by atoms with van der Waals surface area (Å²) in [4.78, 5) is 24.3. The molecule has 0 saturated carbocycles. The monoisotopic (exact) mass is 316 g/mol. The molecule has 0 bridgehead atoms. The molecule has 2 aromatic rings. The highest BCUT2D eigenvalue weighted by molar-refractivity contribution is 5.82. The van der Waals surface area contributed by atoms with E-state index in [2.05, 4.69) is 9.97 Å². The molecular formula is C16H17FN4O2. The predicted molar refractivity (Wildman–Crippen MR) is 82.6 cm³/mol. The van der Waals surface area contributed by atoms with Crippen LogP contribution in [-0.2, 0) is 11.3 Å². The number of methoxy groups -OCH3 is 1. The Kier molecular flexibility index (Phi) is 4.36. The van der Waals surface area contributed by atoms with Crippen molar-refractivity contribution in [1.82, 2.24) is 14.9 Å². The van der Waals surface area contributed by atoms with Gasteiger partial charge in [0.15, 0.2) is 0 Å². The molecule has 0 spiro atoms. The number of benzene rings is 1. The minimum absolute atomic E-state index is 0.00741. The number of hydrogen-bond acceptors (Lipinski definition) is 5. The minimum atomic E-state index is -0.278. The highest BCUT2D eigenvalue weighted by atomic mass is 19.1. The first-order chi connectivity index (χ1) is 11.2. The normalized spacial score (nSPS) is 15.0. The Morgan fingerprint density at radius 2 is 2.00 bits per heavy atom. The zero-order chi connectivity index (χ0) is 16.2. The quantitative estimate of drug-likeness (QED) is 0.855. The molecule has 0 aliphatic carbocycles. The van der Waals surface area contributed by atoms with Crippen LogP contribution in [0.2, 0.25) is 0 Å². The lowest BCUT2D eigenvalue weighted by Crippen LogP contribution is -2.50. The molecule has 0 atom stereocenters. The van der Waals surface area contributed by atoms with Gasteiger partial charge in [0.05, 0.1) is 7.11 Å². The van der Waals surface area contributed by atoms with Crippen LogP contribution in [0, 0.1) is 5.82 Å². The van der Waals surface area contributed by atoms with E-state index in [1.807, 2.05) is 4.90 Å². The van der Waals surface area contributed by atoms with E-state index in [0.29, 0.717) is 31.5 Å². The van der Waals surface area contributed by atoms with Crippen LogP contribution in [0.4, 0.5) is 10.3 Å². The van der Waals surface area contributed by atoms with Gasteiger partial charge >= 0.3 is 0 Å². The van der Waals surface area contributed by atoms with E-state index in [1.54, 1.807) is 29.3 Å². The van der Waals surface area contributed by atoms with Gasteiger partial charge < -0.3 is 14.5 Å². The minimum Gasteiger partial charge on any atom is -0.481 e. The Balaban J connectivity index is 1.65. The maximum Gasteiger partial charge on any atom is 0.242 e. The summed E-state index contributed by atoms with van der Waals surface area (Å²) in [5, 5.41) is 0. The van der Waals surface area contributed by atoms with Crippen LogP contribution in [0.15, 0.2) is 36.5 Å². The first kappa shape index (κ1) is 15.2. The highest BCUT2D eigenvalue weighted by Gasteiger charge is 2.25. The third kappa shape index (κ3) is 3.56. The van der Waals surface area contributed by atoms with Crippen LogP contribution in [0.25, 0.3) is 0 Å². The Labute approximate surface area is 133 Å². The van der Waals surface area contributed by atoms with E-state index in [0.717, 1.165) is 5.56 Å². The van der Waals surface area contributed by atoms with Gasteiger partial charge in [-0.3, -0.25) is 4.79 Å². The molecule has 0 radical (unpaired) electrons. The van der Waals surface area contributed by atoms with Crippen molar-refractivity contribution >= 4 is 11.9 Å². The van der Waals surface area contributed by atoms with Gasteiger partial charge in [-0.05, 0) is 17.7 Å². The molecule has 1 fully saturated rings. The van der Waals surface area contributed by atoms with Crippen LogP contribution in [0.1, 0.15) is 5.56 Å². The van der Waals surface area contributed by atoms with Crippen molar-refractivity contribution < 1.29 is 13.9 Å². The third-order valence-corrected chi connectivity index (χ3v) is 3.71. The van der Waals surface area contributed by atoms with Gasteiger partial charge in [-0.1, -0.05) is 12.1 Å². The average Bonchev–Trinajstić information content (AvgIpc) is 2.58. The van der Waals surface area contributed by atoms with Gasteiger partial charge in [-0.2, -0.15) is 4.98 Å². The number of anilines is 1. The maximum absolute atomic E-state index is 12.9. The van der Waals surface area contributed by atoms with Crippen molar-refractivity contribution in [2.45, 2.75) is 6.54 Å². The standard InChI is InChI=1S/C16H17FN4O2/c1-23-14-6-7-18-16(19-14)21-9-8-20(15(22)11-21)10-12-2-4-13(17)5-3-12/h2-7H,8-11H2,1H3. The number of hydrogen-bond donors (Lipinski definition) is 0. The lowest BCUT2D eigenvalue weighted by Gasteiger charge is -2.34. The zero-order valence-electron chi connectivity index (χ0n) is 12.8. The number of carbonyl (C=O) groups excluding carboxylic acids is 1. The highest BCUT2D eigenvalue weighted by Crippen LogP contribution is 2.16. The molecule has 0 N–H and O–H groups in total. The second-order valence-electron chi connectivity index (χ2n) is 5.26. The molecule has 3 rings (SSSR count). The summed E-state index contributed by atoms with van der Waals surface area (Å²) >= 11 is 0. The summed E-state index contributed by atoms with van der Waals surface area (Å²) in [7, 11) is 1.54. The van der Waals surface area contributed by atoms with E-state index in [4.69, 9.17) is 4.74 Å². The van der Waals surface area contributed by atoms with Crippen molar-refractivity contribution in [3.8, 4) is 5.88 Å². The molecule has 1 aromatic heterocycles. The predicted octanol–water partition coefficient (Wildman–Crippen LogP) is 1.47. The lowest BCUT2D eigenvalue weighted by atomic mass is 10.2. The van der Waals surface area contributed by atoms with Crippen molar-refractivity contribution in [2.75, 3.05) is 31.6 Å². The summed E-state index contributed by atoms with van der Waals surface area (Å²) < 4.78 is 18.0. The fraction of sp³-hybridized carbons (Fsp3) is 0.312. The summed E-state index contributed by atoms with van der Waals surface area (Å²) in [6.45, 7) is 1.90. The second kappa shape index (κ2) is 6.60. The number of carbonyl (C=O) groups is 1. The maximum atomic E-state index is 12.9. The number of halogens is 1. The number of amides is 1. The van der Waals surface area contributed by atoms with Crippen molar-refractivity contribution in [2.24, 2.45) is 0 Å². The SMILES string of the molecule is COc1ccnc(N2CCN(Cc3ccc(F)cc3)C(=O)C2)n1. The van der Waals surface area contributed by atoms with Gasteiger partial charge in [0.25, 0.3) is 0 Å². The molecule has 120 valence electrons. The topological polar surface area (TPSA) is 58.6 Å². The first-order valence-corrected chi connectivity index (χ1v) is 7.30. The van der Waals surface area contributed by atoms with Gasteiger partial charge in [0, 0.05) is 31.9 Å². The van der Waals surface area contributed by atoms with Crippen LogP contribution in [-0.4, -0.2) is 47.5 Å². The van der Waals surface area contributed by atoms with Gasteiger partial charge in [0.2, 0.25) is 17.7 Å². The first-order valence-electron chi connectivity index (χ1n) is 7.30. The number of piperazine rings is 1. The molecule has 23 heavy (non-hydrogen) atoms. The van der Waals surface area contributed by atoms with Crippen LogP contribution in [0.5, 0.6) is 5.88 Å². The van der Waals surface area contributed by atoms with E-state index >= 15 is 0 Å². The van der Waals surface area contributed by atoms with Crippen molar-refractivity contribution in [1.29, 1.82) is 0 Å². The molecule has 1 amide bonds. The number of nitrogens with zero attached hydrogens (tertiary/aromatic N) is 4. The van der Waals surface area contributed by atoms with Gasteiger partial charge in [0.1, 0.15) is 12.4 Å². The Morgan fingerprint density at radius 3 is 2.70 bits per heavy atom. The Bertz CT molecular complexity index is 693. The van der Waals surface area contributed by atoms with Crippen molar-refractivity contribution in [3.05, 3.63) is 47.9 Å². The molecule has 1 aliphatic heterocycles. The molecule has 1 saturated heterocycles. The summed E-state index contributed by atoms with van der Waals surface area (Å²) in [6.07, 6.45) is 1.61. The van der Waals surface area contributed by atoms with E-state index in [9.17, 15) is 9.18 Å². The summed E-state index contributed by atoms with van der Waals surface area (Å²) in [5.41, 5.74) is 0.908. The largest absolute Gasteiger partial charge is 0.481 e. The number of rotatable bonds is 4. The van der Waals surface area contributed by atoms with Gasteiger partial charge in [-0.15, -0.1) is 0 Å². The van der Waals surface area contributed by atoms with Crippen LogP contribution in [0.3, 0.4) is 0 Å². The molecule has 1 aliphatic rings. The third-order valence-electron chi connectivity index (χ3n) is 3.71. The summed E-state index contributed by atoms with van der Waals surface area (Å²) in [5.74, 6) is 0.669. The second-order valence-corrected chi connectivity index (χ2v) is 5.26.